The number of nitrogens with two attached hydrogens (primary N) is 2. The first-order valence-electron chi connectivity index (χ1n) is 13.4. The number of hydrogen-bond donors (Lipinski definition) is 5. The van der Waals surface area contributed by atoms with Crippen molar-refractivity contribution >= 4 is 38.7 Å². The lowest BCUT2D eigenvalue weighted by atomic mass is 9.86. The second-order valence-electron chi connectivity index (χ2n) is 11.1. The van der Waals surface area contributed by atoms with E-state index in [2.05, 4.69) is 20.3 Å². The zero-order valence-electron chi connectivity index (χ0n) is 25.3. The van der Waals surface area contributed by atoms with Gasteiger partial charge >= 0.3 is 0 Å². The van der Waals surface area contributed by atoms with Crippen molar-refractivity contribution in [1.29, 1.82) is 0 Å². The molecule has 0 aliphatic carbocycles. The highest BCUT2D eigenvalue weighted by molar-refractivity contribution is 7.92. The van der Waals surface area contributed by atoms with Crippen LogP contribution in [-0.2, 0) is 21.9 Å². The van der Waals surface area contributed by atoms with Crippen molar-refractivity contribution in [2.45, 2.75) is 39.5 Å². The number of aromatic amines is 1. The third-order valence-electron chi connectivity index (χ3n) is 6.59. The number of ether oxygens (including phenoxy) is 1. The summed E-state index contributed by atoms with van der Waals surface area (Å²) < 4.78 is 32.1. The number of pyridine rings is 1. The molecule has 12 heteroatoms. The lowest BCUT2D eigenvalue weighted by Crippen LogP contribution is -2.27. The molecule has 42 heavy (non-hydrogen) atoms. The number of nitrogens with zero attached hydrogens (tertiary/aromatic N) is 1. The SMILES string of the molecule is CNCCc1ccc(/C(N)=C/N(N)c2cc(C(=O)Nc3cc(C(C)(C)C)cc(NS(C)(=O)=O)c3OC)ccc2C)c[nH+]1. The smallest absolute Gasteiger partial charge is 0.255 e. The zero-order chi connectivity index (χ0) is 31.2. The number of benzene rings is 2. The third-order valence-corrected chi connectivity index (χ3v) is 7.18. The summed E-state index contributed by atoms with van der Waals surface area (Å²) in [5.74, 6) is 6.15. The van der Waals surface area contributed by atoms with Crippen molar-refractivity contribution in [3.05, 3.63) is 82.8 Å². The Morgan fingerprint density at radius 3 is 2.33 bits per heavy atom. The normalized spacial score (nSPS) is 12.1. The van der Waals surface area contributed by atoms with Gasteiger partial charge in [-0.1, -0.05) is 26.8 Å². The molecule has 8 N–H and O–H groups in total. The average Bonchev–Trinajstić information content (AvgIpc) is 2.90. The molecule has 0 saturated carbocycles. The Morgan fingerprint density at radius 2 is 1.76 bits per heavy atom. The number of hydrogen-bond acceptors (Lipinski definition) is 8. The number of anilines is 3. The van der Waals surface area contributed by atoms with Gasteiger partial charge in [0.15, 0.2) is 17.6 Å². The van der Waals surface area contributed by atoms with Crippen LogP contribution < -0.4 is 41.7 Å². The van der Waals surface area contributed by atoms with E-state index in [0.717, 1.165) is 41.6 Å². The Labute approximate surface area is 248 Å². The second kappa shape index (κ2) is 13.2. The van der Waals surface area contributed by atoms with Gasteiger partial charge in [0.1, 0.15) is 0 Å². The van der Waals surface area contributed by atoms with Gasteiger partial charge in [-0.3, -0.25) is 14.5 Å². The van der Waals surface area contributed by atoms with Gasteiger partial charge < -0.3 is 21.1 Å². The van der Waals surface area contributed by atoms with Crippen LogP contribution in [0.3, 0.4) is 0 Å². The number of carbonyl (C=O) groups is 1. The maximum Gasteiger partial charge on any atom is 0.255 e. The summed E-state index contributed by atoms with van der Waals surface area (Å²) in [6.45, 7) is 8.70. The van der Waals surface area contributed by atoms with E-state index in [1.54, 1.807) is 36.5 Å². The van der Waals surface area contributed by atoms with Crippen LogP contribution in [-0.4, -0.2) is 41.3 Å². The standard InChI is InChI=1S/C30H41N7O4S/c1-19-8-9-20(14-27(19)37(32)18-24(31)21-10-11-23(34-17-21)12-13-33-5)29(38)35-25-15-22(30(2,3)4)16-26(28(25)41-6)36-42(7,39)40/h8-11,14-18,33,36H,12-13,31-32H2,1-7H3,(H,35,38)/p+1/b24-18-. The molecule has 0 fully saturated rings. The van der Waals surface area contributed by atoms with Gasteiger partial charge in [0, 0.05) is 30.8 Å². The molecule has 2 aromatic carbocycles. The van der Waals surface area contributed by atoms with E-state index in [0.29, 0.717) is 22.6 Å². The third kappa shape index (κ3) is 8.44. The van der Waals surface area contributed by atoms with Crippen LogP contribution in [0.25, 0.3) is 5.70 Å². The Hall–Kier alpha value is -4.13. The number of H-pyrrole nitrogens is 1. The number of aromatic nitrogens is 1. The monoisotopic (exact) mass is 596 g/mol. The van der Waals surface area contributed by atoms with E-state index in [1.807, 2.05) is 53.1 Å². The average molecular weight is 597 g/mol. The van der Waals surface area contributed by atoms with E-state index in [1.165, 1.54) is 12.1 Å². The predicted octanol–water partition coefficient (Wildman–Crippen LogP) is 3.14. The lowest BCUT2D eigenvalue weighted by Gasteiger charge is -2.24. The molecule has 0 radical (unpaired) electrons. The molecule has 0 atom stereocenters. The van der Waals surface area contributed by atoms with E-state index in [4.69, 9.17) is 16.3 Å². The number of carbonyl (C=O) groups excluding carboxylic acids is 1. The fraction of sp³-hybridized carbons (Fsp3) is 0.333. The van der Waals surface area contributed by atoms with Crippen LogP contribution >= 0.6 is 0 Å². The van der Waals surface area contributed by atoms with Gasteiger partial charge in [-0.25, -0.2) is 19.2 Å². The van der Waals surface area contributed by atoms with Crippen LogP contribution in [0.2, 0.25) is 0 Å². The first-order valence-corrected chi connectivity index (χ1v) is 15.3. The maximum atomic E-state index is 13.5. The molecule has 0 unspecified atom stereocenters. The van der Waals surface area contributed by atoms with Crippen molar-refractivity contribution in [2.24, 2.45) is 11.6 Å². The van der Waals surface area contributed by atoms with E-state index in [-0.39, 0.29) is 16.9 Å². The molecule has 3 rings (SSSR count). The molecule has 0 saturated heterocycles. The summed E-state index contributed by atoms with van der Waals surface area (Å²) in [5.41, 5.74) is 11.4. The molecule has 3 aromatic rings. The fourth-order valence-corrected chi connectivity index (χ4v) is 4.77. The molecule has 0 bridgehead atoms. The first kappa shape index (κ1) is 32.4. The summed E-state index contributed by atoms with van der Waals surface area (Å²) in [4.78, 5) is 16.7. The van der Waals surface area contributed by atoms with Gasteiger partial charge in [0.05, 0.1) is 41.7 Å². The number of amides is 1. The molecule has 0 spiro atoms. The number of nitrogens with one attached hydrogen (secondary N) is 4. The predicted molar refractivity (Wildman–Crippen MR) is 169 cm³/mol. The van der Waals surface area contributed by atoms with Crippen molar-refractivity contribution in [3.8, 4) is 5.75 Å². The van der Waals surface area contributed by atoms with Crippen LogP contribution in [0.15, 0.2) is 54.9 Å². The molecular weight excluding hydrogens is 554 g/mol. The Morgan fingerprint density at radius 1 is 1.10 bits per heavy atom. The highest BCUT2D eigenvalue weighted by Gasteiger charge is 2.23. The van der Waals surface area contributed by atoms with Crippen molar-refractivity contribution in [3.63, 3.8) is 0 Å². The molecule has 1 amide bonds. The van der Waals surface area contributed by atoms with Crippen LogP contribution in [0.4, 0.5) is 17.1 Å². The van der Waals surface area contributed by atoms with Crippen molar-refractivity contribution < 1.29 is 22.9 Å². The quantitative estimate of drug-likeness (QED) is 0.166. The summed E-state index contributed by atoms with van der Waals surface area (Å²) in [7, 11) is -0.290. The van der Waals surface area contributed by atoms with Gasteiger partial charge in [0.25, 0.3) is 5.91 Å². The van der Waals surface area contributed by atoms with Crippen LogP contribution in [0.5, 0.6) is 5.75 Å². The maximum absolute atomic E-state index is 13.5. The minimum Gasteiger partial charge on any atom is -0.492 e. The molecule has 1 heterocycles. The fourth-order valence-electron chi connectivity index (χ4n) is 4.22. The number of sulfonamides is 1. The Balaban J connectivity index is 1.92. The summed E-state index contributed by atoms with van der Waals surface area (Å²) >= 11 is 0. The lowest BCUT2D eigenvalue weighted by molar-refractivity contribution is -0.390. The molecule has 0 aliphatic heterocycles. The number of rotatable bonds is 11. The second-order valence-corrected chi connectivity index (χ2v) is 12.9. The molecule has 11 nitrogen and oxygen atoms in total. The number of hydrazine groups is 1. The van der Waals surface area contributed by atoms with Gasteiger partial charge in [-0.15, -0.1) is 0 Å². The van der Waals surface area contributed by atoms with E-state index < -0.39 is 15.9 Å². The first-order chi connectivity index (χ1) is 19.6. The largest absolute Gasteiger partial charge is 0.492 e. The highest BCUT2D eigenvalue weighted by atomic mass is 32.2. The molecular formula is C30H42N7O4S+. The van der Waals surface area contributed by atoms with E-state index in [9.17, 15) is 13.2 Å². The van der Waals surface area contributed by atoms with Crippen LogP contribution in [0.1, 0.15) is 53.5 Å². The summed E-state index contributed by atoms with van der Waals surface area (Å²) in [6, 6.07) is 12.5. The Bertz CT molecular complexity index is 1560. The summed E-state index contributed by atoms with van der Waals surface area (Å²) in [6.07, 6.45) is 5.34. The minimum atomic E-state index is -3.61. The van der Waals surface area contributed by atoms with E-state index >= 15 is 0 Å². The Kier molecular flexibility index (Phi) is 10.2. The highest BCUT2D eigenvalue weighted by Crippen LogP contribution is 2.39. The number of methoxy groups -OCH3 is 1. The number of likely N-dealkylation sites (N-methyl/N-ethyl adjacent to an activating group) is 1. The molecule has 1 aromatic heterocycles. The minimum absolute atomic E-state index is 0.194. The summed E-state index contributed by atoms with van der Waals surface area (Å²) in [5, 5.41) is 7.38. The topological polar surface area (TPSA) is 166 Å². The van der Waals surface area contributed by atoms with Gasteiger partial charge in [0.2, 0.25) is 10.0 Å². The molecule has 0 aliphatic rings. The molecule has 226 valence electrons. The van der Waals surface area contributed by atoms with Gasteiger partial charge in [-0.05, 0) is 60.8 Å². The van der Waals surface area contributed by atoms with Crippen molar-refractivity contribution in [1.82, 2.24) is 5.32 Å². The number of aryl methyl sites for hydroxylation is 1. The zero-order valence-corrected chi connectivity index (χ0v) is 26.1. The van der Waals surface area contributed by atoms with Crippen LogP contribution in [0, 0.1) is 6.92 Å². The van der Waals surface area contributed by atoms with Gasteiger partial charge in [-0.2, -0.15) is 0 Å². The van der Waals surface area contributed by atoms with Crippen molar-refractivity contribution in [2.75, 3.05) is 42.0 Å².